The smallest absolute Gasteiger partial charge is 0.256 e. The number of benzene rings is 2. The molecular formula is C23H22FN5O5S. The highest BCUT2D eigenvalue weighted by atomic mass is 32.1. The van der Waals surface area contributed by atoms with E-state index < -0.39 is 29.6 Å². The van der Waals surface area contributed by atoms with Crippen molar-refractivity contribution in [3.05, 3.63) is 60.0 Å². The highest BCUT2D eigenvalue weighted by Gasteiger charge is 2.45. The molecule has 1 N–H and O–H groups in total. The van der Waals surface area contributed by atoms with Crippen molar-refractivity contribution >= 4 is 40.5 Å². The molecule has 2 aromatic carbocycles. The highest BCUT2D eigenvalue weighted by Crippen LogP contribution is 2.30. The maximum Gasteiger partial charge on any atom is 0.256 e. The molecule has 12 heteroatoms. The van der Waals surface area contributed by atoms with Gasteiger partial charge in [0.15, 0.2) is 18.1 Å². The molecule has 182 valence electrons. The summed E-state index contributed by atoms with van der Waals surface area (Å²) in [6.07, 6.45) is -0.257. The standard InChI is InChI=1S/C23H22FN5O5S/c1-3-33-17-10-8-16(9-11-17)29-21(31)18(12-20(30)25-15-6-4-14(24)5-7-15)28(23(29)35)13-19-22(32)34-26-27(19)2/h4-11,18H,3,12-13H2,1-2H3,(H-,25,26,30,32). The van der Waals surface area contributed by atoms with Crippen molar-refractivity contribution < 1.29 is 33.0 Å². The van der Waals surface area contributed by atoms with Crippen molar-refractivity contribution in [3.63, 3.8) is 0 Å². The fourth-order valence-corrected chi connectivity index (χ4v) is 4.08. The molecule has 2 heterocycles. The molecule has 4 rings (SSSR count). The number of ether oxygens (including phenoxy) is 1. The second-order valence-electron chi connectivity index (χ2n) is 7.72. The Hall–Kier alpha value is -4.06. The normalized spacial score (nSPS) is 15.6. The fourth-order valence-electron chi connectivity index (χ4n) is 3.69. The van der Waals surface area contributed by atoms with Crippen molar-refractivity contribution in [2.45, 2.75) is 25.9 Å². The summed E-state index contributed by atoms with van der Waals surface area (Å²) in [7, 11) is 1.53. The minimum atomic E-state index is -0.996. The van der Waals surface area contributed by atoms with Gasteiger partial charge in [-0.15, -0.1) is 0 Å². The van der Waals surface area contributed by atoms with Gasteiger partial charge in [0.05, 0.1) is 24.0 Å². The maximum atomic E-state index is 13.5. The molecule has 0 spiro atoms. The van der Waals surface area contributed by atoms with E-state index in [-0.39, 0.29) is 23.8 Å². The lowest BCUT2D eigenvalue weighted by Crippen LogP contribution is -2.42. The van der Waals surface area contributed by atoms with E-state index in [0.29, 0.717) is 23.7 Å². The lowest BCUT2D eigenvalue weighted by molar-refractivity contribution is -0.746. The zero-order valence-electron chi connectivity index (χ0n) is 18.9. The lowest BCUT2D eigenvalue weighted by Gasteiger charge is -2.22. The predicted octanol–water partition coefficient (Wildman–Crippen LogP) is 1.64. The van der Waals surface area contributed by atoms with Crippen LogP contribution in [-0.4, -0.2) is 39.7 Å². The first-order valence-electron chi connectivity index (χ1n) is 10.7. The number of thiocarbonyl (C=S) groups is 1. The number of rotatable bonds is 8. The van der Waals surface area contributed by atoms with Crippen LogP contribution in [0.2, 0.25) is 0 Å². The summed E-state index contributed by atoms with van der Waals surface area (Å²) in [5, 5.41) is 18.5. The molecule has 1 aliphatic heterocycles. The Morgan fingerprint density at radius 1 is 1.26 bits per heavy atom. The van der Waals surface area contributed by atoms with E-state index >= 15 is 0 Å². The van der Waals surface area contributed by atoms with Crippen LogP contribution in [0.4, 0.5) is 15.8 Å². The van der Waals surface area contributed by atoms with Gasteiger partial charge < -0.3 is 24.6 Å². The number of nitrogens with one attached hydrogen (secondary N) is 1. The molecule has 1 aliphatic rings. The van der Waals surface area contributed by atoms with Gasteiger partial charge in [0, 0.05) is 5.69 Å². The van der Waals surface area contributed by atoms with E-state index in [9.17, 15) is 19.1 Å². The molecule has 10 nitrogen and oxygen atoms in total. The Kier molecular flexibility index (Phi) is 6.92. The fraction of sp³-hybridized carbons (Fsp3) is 0.261. The van der Waals surface area contributed by atoms with Gasteiger partial charge in [-0.25, -0.2) is 4.39 Å². The topological polar surface area (TPSA) is 115 Å². The van der Waals surface area contributed by atoms with Crippen LogP contribution in [0.25, 0.3) is 0 Å². The number of carbonyl (C=O) groups excluding carboxylic acids is 2. The van der Waals surface area contributed by atoms with Crippen LogP contribution in [-0.2, 0) is 23.2 Å². The van der Waals surface area contributed by atoms with Gasteiger partial charge in [-0.3, -0.25) is 14.5 Å². The van der Waals surface area contributed by atoms with Crippen molar-refractivity contribution in [2.24, 2.45) is 7.05 Å². The minimum absolute atomic E-state index is 0.0918. The molecule has 1 saturated heterocycles. The Labute approximate surface area is 205 Å². The largest absolute Gasteiger partial charge is 0.539 e. The molecule has 0 bridgehead atoms. The number of anilines is 2. The Morgan fingerprint density at radius 2 is 1.94 bits per heavy atom. The molecule has 1 fully saturated rings. The molecule has 3 aromatic rings. The third kappa shape index (κ3) is 5.06. The predicted molar refractivity (Wildman–Crippen MR) is 124 cm³/mol. The molecule has 0 radical (unpaired) electrons. The summed E-state index contributed by atoms with van der Waals surface area (Å²) >= 11 is 5.60. The van der Waals surface area contributed by atoms with Crippen LogP contribution >= 0.6 is 12.2 Å². The van der Waals surface area contributed by atoms with Crippen LogP contribution in [0.5, 0.6) is 11.7 Å². The van der Waals surface area contributed by atoms with Crippen molar-refractivity contribution in [1.29, 1.82) is 0 Å². The number of nitrogens with zero attached hydrogens (tertiary/aromatic N) is 4. The van der Waals surface area contributed by atoms with Crippen LogP contribution in [0.15, 0.2) is 53.1 Å². The first-order chi connectivity index (χ1) is 16.8. The van der Waals surface area contributed by atoms with Crippen LogP contribution < -0.4 is 24.7 Å². The van der Waals surface area contributed by atoms with Gasteiger partial charge in [-0.1, -0.05) is 4.68 Å². The van der Waals surface area contributed by atoms with E-state index in [4.69, 9.17) is 17.0 Å². The summed E-state index contributed by atoms with van der Waals surface area (Å²) < 4.78 is 24.6. The summed E-state index contributed by atoms with van der Waals surface area (Å²) in [4.78, 5) is 29.1. The van der Waals surface area contributed by atoms with E-state index in [2.05, 4.69) is 15.1 Å². The van der Waals surface area contributed by atoms with Gasteiger partial charge in [-0.05, 0) is 67.7 Å². The highest BCUT2D eigenvalue weighted by molar-refractivity contribution is 7.80. The summed E-state index contributed by atoms with van der Waals surface area (Å²) in [6, 6.07) is 11.1. The van der Waals surface area contributed by atoms with Gasteiger partial charge in [0.1, 0.15) is 24.2 Å². The summed E-state index contributed by atoms with van der Waals surface area (Å²) in [5.74, 6) is -1.38. The third-order valence-electron chi connectivity index (χ3n) is 5.42. The van der Waals surface area contributed by atoms with E-state index in [1.807, 2.05) is 6.92 Å². The number of carbonyl (C=O) groups is 2. The van der Waals surface area contributed by atoms with Crippen LogP contribution in [0, 0.1) is 5.82 Å². The van der Waals surface area contributed by atoms with E-state index in [1.54, 1.807) is 24.3 Å². The average Bonchev–Trinajstić information content (AvgIpc) is 3.27. The van der Waals surface area contributed by atoms with Crippen LogP contribution in [0.3, 0.4) is 0 Å². The molecule has 35 heavy (non-hydrogen) atoms. The number of hydrogen-bond acceptors (Lipinski definition) is 7. The first-order valence-corrected chi connectivity index (χ1v) is 11.1. The molecule has 1 atom stereocenters. The Bertz CT molecular complexity index is 1230. The summed E-state index contributed by atoms with van der Waals surface area (Å²) in [6.45, 7) is 2.26. The lowest BCUT2D eigenvalue weighted by atomic mass is 10.1. The Balaban J connectivity index is 1.61. The van der Waals surface area contributed by atoms with Gasteiger partial charge in [-0.2, -0.15) is 0 Å². The monoisotopic (exact) mass is 499 g/mol. The second-order valence-corrected chi connectivity index (χ2v) is 8.08. The third-order valence-corrected chi connectivity index (χ3v) is 5.84. The molecular weight excluding hydrogens is 477 g/mol. The van der Waals surface area contributed by atoms with Crippen molar-refractivity contribution in [3.8, 4) is 11.7 Å². The van der Waals surface area contributed by atoms with Crippen LogP contribution in [0.1, 0.15) is 19.0 Å². The maximum absolute atomic E-state index is 13.5. The molecule has 1 unspecified atom stereocenters. The SMILES string of the molecule is CCOc1ccc(N2C(=O)C(CC(=O)Nc3ccc(F)cc3)N(Cc3c([O-])on[n+]3C)C2=S)cc1. The average molecular weight is 500 g/mol. The summed E-state index contributed by atoms with van der Waals surface area (Å²) in [5.41, 5.74) is 1.04. The second kappa shape index (κ2) is 10.1. The van der Waals surface area contributed by atoms with Gasteiger partial charge >= 0.3 is 0 Å². The number of hydrogen-bond donors (Lipinski definition) is 1. The number of halogens is 1. The molecule has 1 aromatic heterocycles. The zero-order valence-corrected chi connectivity index (χ0v) is 19.8. The minimum Gasteiger partial charge on any atom is -0.539 e. The molecule has 2 amide bonds. The zero-order chi connectivity index (χ0) is 25.1. The van der Waals surface area contributed by atoms with Crippen molar-refractivity contribution in [2.75, 3.05) is 16.8 Å². The molecule has 0 saturated carbocycles. The first kappa shape index (κ1) is 24.1. The quantitative estimate of drug-likeness (QED) is 0.368. The number of amides is 2. The molecule has 0 aliphatic carbocycles. The Morgan fingerprint density at radius 3 is 2.54 bits per heavy atom. The van der Waals surface area contributed by atoms with E-state index in [0.717, 1.165) is 0 Å². The number of aromatic nitrogens is 2. The van der Waals surface area contributed by atoms with E-state index in [1.165, 1.54) is 45.8 Å². The number of aryl methyl sites for hydroxylation is 1. The van der Waals surface area contributed by atoms with Gasteiger partial charge in [0.2, 0.25) is 5.91 Å². The van der Waals surface area contributed by atoms with Gasteiger partial charge in [0.25, 0.3) is 11.6 Å². The van der Waals surface area contributed by atoms with Crippen molar-refractivity contribution in [1.82, 2.24) is 10.2 Å².